The number of nitrogens with one attached hydrogen (secondary N) is 2. The van der Waals surface area contributed by atoms with Crippen molar-refractivity contribution in [3.8, 4) is 34.5 Å². The number of piperazine rings is 1. The highest BCUT2D eigenvalue weighted by Gasteiger charge is 2.82. The number of phenols is 1. The molecule has 9 atom stereocenters. The number of aromatic amines is 1. The normalized spacial score (nSPS) is 34.1. The summed E-state index contributed by atoms with van der Waals surface area (Å²) in [6.45, 7) is 5.72. The second kappa shape index (κ2) is 10.5. The minimum atomic E-state index is -1.26. The Balaban J connectivity index is 1.13. The number of aliphatic hydroxyl groups is 1. The summed E-state index contributed by atoms with van der Waals surface area (Å²) in [7, 11) is 3.22. The zero-order valence-electron chi connectivity index (χ0n) is 30.9. The molecule has 4 aromatic rings. The van der Waals surface area contributed by atoms with E-state index in [4.69, 9.17) is 23.7 Å². The van der Waals surface area contributed by atoms with Crippen molar-refractivity contribution in [1.82, 2.24) is 20.1 Å². The number of hydrogen-bond acceptors (Lipinski definition) is 13. The molecule has 284 valence electrons. The molecule has 1 aliphatic carbocycles. The molecule has 14 heteroatoms. The number of Topliss-reactive ketones (excluding diaryl/α,β-unsaturated/α-hetero) is 1. The summed E-state index contributed by atoms with van der Waals surface area (Å²) in [6, 6.07) is 6.47. The monoisotopic (exact) mass is 764 g/mol. The number of H-pyrrole nitrogens is 1. The van der Waals surface area contributed by atoms with Crippen molar-refractivity contribution in [3.05, 3.63) is 68.9 Å². The van der Waals surface area contributed by atoms with Gasteiger partial charge in [-0.2, -0.15) is 11.8 Å². The molecule has 13 nitrogen and oxygen atoms in total. The van der Waals surface area contributed by atoms with E-state index in [0.717, 1.165) is 56.6 Å². The molecule has 1 unspecified atom stereocenters. The zero-order valence-corrected chi connectivity index (χ0v) is 31.8. The average molecular weight is 765 g/mol. The number of aliphatic hydroxyl groups excluding tert-OH is 1. The average Bonchev–Trinajstić information content (AvgIpc) is 3.89. The summed E-state index contributed by atoms with van der Waals surface area (Å²) in [5, 5.41) is 29.0. The maximum absolute atomic E-state index is 16.5. The number of benzene rings is 3. The van der Waals surface area contributed by atoms with Gasteiger partial charge in [-0.1, -0.05) is 6.07 Å². The summed E-state index contributed by atoms with van der Waals surface area (Å²) in [5.74, 6) is 2.52. The van der Waals surface area contributed by atoms with Crippen molar-refractivity contribution >= 4 is 34.4 Å². The first-order valence-electron chi connectivity index (χ1n) is 19.0. The molecule has 4 N–H and O–H groups in total. The second-order valence-electron chi connectivity index (χ2n) is 16.3. The Morgan fingerprint density at radius 3 is 2.67 bits per heavy atom. The number of fused-ring (bicyclic) bond motifs is 15. The predicted molar refractivity (Wildman–Crippen MR) is 199 cm³/mol. The van der Waals surface area contributed by atoms with Crippen LogP contribution in [-0.4, -0.2) is 93.6 Å². The number of ketones is 1. The fraction of sp³-hybridized carbons (Fsp3) is 0.463. The van der Waals surface area contributed by atoms with Crippen molar-refractivity contribution in [2.45, 2.75) is 86.3 Å². The number of phenolic OH excluding ortho intramolecular Hbond substituents is 1. The van der Waals surface area contributed by atoms with Crippen LogP contribution < -0.4 is 29.0 Å². The number of esters is 1. The number of aromatic nitrogens is 1. The highest BCUT2D eigenvalue weighted by atomic mass is 32.2. The van der Waals surface area contributed by atoms with E-state index in [1.807, 2.05) is 32.0 Å². The van der Waals surface area contributed by atoms with E-state index < -0.39 is 40.5 Å². The first kappa shape index (κ1) is 32.7. The van der Waals surface area contributed by atoms with Gasteiger partial charge >= 0.3 is 5.97 Å². The van der Waals surface area contributed by atoms with Crippen molar-refractivity contribution in [2.24, 2.45) is 0 Å². The highest BCUT2D eigenvalue weighted by Crippen LogP contribution is 2.78. The third-order valence-electron chi connectivity index (χ3n) is 14.3. The molecule has 0 saturated carbocycles. The maximum atomic E-state index is 16.5. The maximum Gasteiger partial charge on any atom is 0.308 e. The van der Waals surface area contributed by atoms with Crippen molar-refractivity contribution in [2.75, 3.05) is 33.3 Å². The number of nitrogens with zero attached hydrogens (tertiary/aromatic N) is 2. The smallest absolute Gasteiger partial charge is 0.308 e. The van der Waals surface area contributed by atoms with Crippen LogP contribution in [0.5, 0.6) is 34.5 Å². The van der Waals surface area contributed by atoms with Crippen LogP contribution >= 0.6 is 11.8 Å². The molecule has 7 aliphatic heterocycles. The topological polar surface area (TPSA) is 155 Å². The number of thioether (sulfide) groups is 1. The molecule has 8 aliphatic rings. The fourth-order valence-electron chi connectivity index (χ4n) is 12.4. The van der Waals surface area contributed by atoms with Crippen LogP contribution in [0.2, 0.25) is 0 Å². The predicted octanol–water partition coefficient (Wildman–Crippen LogP) is 4.07. The van der Waals surface area contributed by atoms with E-state index in [9.17, 15) is 15.0 Å². The number of ether oxygens (including phenoxy) is 5. The van der Waals surface area contributed by atoms with Crippen LogP contribution in [0.3, 0.4) is 0 Å². The lowest BCUT2D eigenvalue weighted by Gasteiger charge is -2.60. The number of rotatable bonds is 3. The van der Waals surface area contributed by atoms with Gasteiger partial charge in [0.15, 0.2) is 28.8 Å². The van der Waals surface area contributed by atoms with Crippen LogP contribution in [0.1, 0.15) is 76.1 Å². The van der Waals surface area contributed by atoms with Gasteiger partial charge in [0.1, 0.15) is 23.3 Å². The van der Waals surface area contributed by atoms with Gasteiger partial charge in [-0.15, -0.1) is 0 Å². The lowest BCUT2D eigenvalue weighted by Crippen LogP contribution is -2.70. The minimum absolute atomic E-state index is 0.0154. The van der Waals surface area contributed by atoms with Gasteiger partial charge < -0.3 is 38.9 Å². The van der Waals surface area contributed by atoms with Crippen LogP contribution in [-0.2, 0) is 27.0 Å². The van der Waals surface area contributed by atoms with Gasteiger partial charge in [-0.25, -0.2) is 0 Å². The van der Waals surface area contributed by atoms with Gasteiger partial charge in [0, 0.05) is 75.4 Å². The summed E-state index contributed by atoms with van der Waals surface area (Å²) in [5.41, 5.74) is 5.09. The molecular formula is C41H40N4O9S. The fourth-order valence-corrected chi connectivity index (χ4v) is 14.3. The Morgan fingerprint density at radius 1 is 1.07 bits per heavy atom. The molecule has 4 saturated heterocycles. The molecule has 3 aromatic carbocycles. The van der Waals surface area contributed by atoms with Crippen LogP contribution in [0.25, 0.3) is 10.9 Å². The lowest BCUT2D eigenvalue weighted by molar-refractivity contribution is -0.205. The quantitative estimate of drug-likeness (QED) is 0.175. The molecule has 1 aromatic heterocycles. The van der Waals surface area contributed by atoms with E-state index >= 15 is 4.79 Å². The van der Waals surface area contributed by atoms with Crippen molar-refractivity contribution in [1.29, 1.82) is 0 Å². The van der Waals surface area contributed by atoms with E-state index in [1.165, 1.54) is 6.92 Å². The van der Waals surface area contributed by atoms with E-state index in [-0.39, 0.29) is 36.5 Å². The lowest BCUT2D eigenvalue weighted by atomic mass is 9.52. The van der Waals surface area contributed by atoms with Crippen LogP contribution in [0.15, 0.2) is 24.3 Å². The Morgan fingerprint density at radius 2 is 1.89 bits per heavy atom. The summed E-state index contributed by atoms with van der Waals surface area (Å²) >= 11 is 1.72. The molecule has 55 heavy (non-hydrogen) atoms. The van der Waals surface area contributed by atoms with Crippen molar-refractivity contribution in [3.63, 3.8) is 0 Å². The van der Waals surface area contributed by atoms with Crippen molar-refractivity contribution < 1.29 is 43.5 Å². The van der Waals surface area contributed by atoms with Crippen LogP contribution in [0, 0.1) is 13.8 Å². The molecule has 0 amide bonds. The first-order valence-corrected chi connectivity index (χ1v) is 20.0. The summed E-state index contributed by atoms with van der Waals surface area (Å²) < 4.78 is 29.8. The molecule has 4 fully saturated rings. The van der Waals surface area contributed by atoms with Gasteiger partial charge in [0.25, 0.3) is 0 Å². The van der Waals surface area contributed by atoms with Gasteiger partial charge in [0.2, 0.25) is 6.79 Å². The molecule has 2 spiro atoms. The van der Waals surface area contributed by atoms with E-state index in [1.54, 1.807) is 26.0 Å². The third kappa shape index (κ3) is 3.47. The highest BCUT2D eigenvalue weighted by molar-refractivity contribution is 8.00. The first-order chi connectivity index (χ1) is 26.6. The second-order valence-corrected chi connectivity index (χ2v) is 17.5. The minimum Gasteiger partial charge on any atom is -0.504 e. The van der Waals surface area contributed by atoms with E-state index in [2.05, 4.69) is 26.2 Å². The van der Waals surface area contributed by atoms with Gasteiger partial charge in [-0.3, -0.25) is 24.7 Å². The molecule has 0 radical (unpaired) electrons. The Bertz CT molecular complexity index is 2490. The van der Waals surface area contributed by atoms with E-state index in [0.29, 0.717) is 52.8 Å². The largest absolute Gasteiger partial charge is 0.504 e. The number of hydrogen-bond donors (Lipinski definition) is 4. The summed E-state index contributed by atoms with van der Waals surface area (Å²) in [6.07, 6.45) is 0.503. The molecule has 8 heterocycles. The zero-order chi connectivity index (χ0) is 37.6. The number of carbonyl (C=O) groups is 2. The SMILES string of the molecule is COc1ccc2[nH]c3c(c2c1)CCN[C@]31CS[C@H]2[C@H]3[C@H]4c5c(cc(C)c(OC)c5O)[C@@H]5C[C@@H]([C@H](O)N3[C@H]3c6c7c(c(C)c(OC(C)=O)c6C32C1=O)OCO7)N45. The molecular weight excluding hydrogens is 725 g/mol. The Labute approximate surface area is 320 Å². The number of carbonyl (C=O) groups excluding carboxylic acids is 2. The molecule has 12 rings (SSSR count). The molecule has 0 bridgehead atoms. The Hall–Kier alpha value is -4.47. The summed E-state index contributed by atoms with van der Waals surface area (Å²) in [4.78, 5) is 37.6. The van der Waals surface area contributed by atoms with Gasteiger partial charge in [-0.05, 0) is 61.6 Å². The number of aromatic hydroxyl groups is 1. The number of aryl methyl sites for hydroxylation is 1. The Kier molecular flexibility index (Phi) is 6.24. The third-order valence-corrected chi connectivity index (χ3v) is 15.9. The van der Waals surface area contributed by atoms with Crippen LogP contribution in [0.4, 0.5) is 0 Å². The number of methoxy groups -OCH3 is 2. The standard InChI is InChI=1S/C41H40N4O9S/c1-15-10-21-23-12-24-38(48)45-29(28(44(23)24)25(21)30(47)31(15)51-5)37-41(27-26(36(41)45)34-33(52-14-53-34)16(2)32(27)54-17(3)46)39(49)40(13-55-37)35-19(8-9-42-40)20-11-18(50-4)6-7-22(20)43-35/h6-7,10-11,23-24,28-29,36-38,42-43,47-48H,8-9,12-14H2,1-5H3/t23-,24-,28+,29+,36-,37-,38-,40+,41?/m0/s1. The van der Waals surface area contributed by atoms with Gasteiger partial charge in [0.05, 0.1) is 37.8 Å².